The van der Waals surface area contributed by atoms with E-state index < -0.39 is 11.9 Å². The monoisotopic (exact) mass is 256 g/mol. The highest BCUT2D eigenvalue weighted by Crippen LogP contribution is 2.25. The summed E-state index contributed by atoms with van der Waals surface area (Å²) in [5.41, 5.74) is 0. The van der Waals surface area contributed by atoms with E-state index in [0.29, 0.717) is 5.95 Å². The second kappa shape index (κ2) is 5.17. The zero-order chi connectivity index (χ0) is 12.3. The van der Waals surface area contributed by atoms with E-state index in [0.717, 1.165) is 23.9 Å². The third-order valence-corrected chi connectivity index (χ3v) is 3.21. The Balaban J connectivity index is 2.06. The number of hydrogen-bond acceptors (Lipinski definition) is 6. The van der Waals surface area contributed by atoms with Gasteiger partial charge in [0.05, 0.1) is 6.61 Å². The second-order valence-electron chi connectivity index (χ2n) is 3.33. The molecule has 0 unspecified atom stereocenters. The highest BCUT2D eigenvalue weighted by molar-refractivity contribution is 7.99. The van der Waals surface area contributed by atoms with E-state index in [-0.39, 0.29) is 6.61 Å². The van der Waals surface area contributed by atoms with Crippen molar-refractivity contribution in [2.24, 2.45) is 0 Å². The maximum Gasteiger partial charge on any atom is 0.397 e. The Morgan fingerprint density at radius 3 is 3.12 bits per heavy atom. The van der Waals surface area contributed by atoms with Crippen LogP contribution < -0.4 is 5.32 Å². The van der Waals surface area contributed by atoms with Crippen LogP contribution in [0.2, 0.25) is 0 Å². The summed E-state index contributed by atoms with van der Waals surface area (Å²) in [6, 6.07) is 0. The van der Waals surface area contributed by atoms with E-state index in [1.807, 2.05) is 0 Å². The Kier molecular flexibility index (Phi) is 3.62. The lowest BCUT2D eigenvalue weighted by atomic mass is 10.5. The molecular weight excluding hydrogens is 244 g/mol. The number of thioether (sulfide) groups is 1. The molecule has 17 heavy (non-hydrogen) atoms. The molecule has 0 saturated carbocycles. The lowest BCUT2D eigenvalue weighted by Crippen LogP contribution is -2.27. The third kappa shape index (κ3) is 2.57. The minimum atomic E-state index is -0.909. The van der Waals surface area contributed by atoms with Crippen LogP contribution in [0.5, 0.6) is 0 Å². The third-order valence-electron chi connectivity index (χ3n) is 2.16. The Morgan fingerprint density at radius 1 is 1.53 bits per heavy atom. The number of aromatic nitrogens is 3. The van der Waals surface area contributed by atoms with Crippen molar-refractivity contribution in [1.82, 2.24) is 14.8 Å². The maximum atomic E-state index is 11.4. The molecule has 0 radical (unpaired) electrons. The summed E-state index contributed by atoms with van der Waals surface area (Å²) in [4.78, 5) is 22.6. The summed E-state index contributed by atoms with van der Waals surface area (Å²) >= 11 is 1.58. The van der Waals surface area contributed by atoms with E-state index in [1.165, 1.54) is 0 Å². The molecule has 1 amide bonds. The Morgan fingerprint density at radius 2 is 2.35 bits per heavy atom. The van der Waals surface area contributed by atoms with Crippen LogP contribution >= 0.6 is 11.8 Å². The molecule has 8 heteroatoms. The molecule has 0 bridgehead atoms. The first kappa shape index (κ1) is 11.9. The number of amides is 1. The maximum absolute atomic E-state index is 11.4. The van der Waals surface area contributed by atoms with E-state index >= 15 is 0 Å². The molecule has 0 aromatic carbocycles. The number of nitrogens with zero attached hydrogens (tertiary/aromatic N) is 3. The van der Waals surface area contributed by atoms with Crippen LogP contribution in [0, 0.1) is 0 Å². The van der Waals surface area contributed by atoms with Gasteiger partial charge in [-0.15, -0.1) is 10.2 Å². The van der Waals surface area contributed by atoms with E-state index in [2.05, 4.69) is 20.3 Å². The van der Waals surface area contributed by atoms with Gasteiger partial charge >= 0.3 is 11.9 Å². The molecule has 7 nitrogen and oxygen atoms in total. The topological polar surface area (TPSA) is 86.1 Å². The van der Waals surface area contributed by atoms with Crippen molar-refractivity contribution < 1.29 is 14.3 Å². The van der Waals surface area contributed by atoms with Gasteiger partial charge in [0.2, 0.25) is 5.95 Å². The number of esters is 1. The SMILES string of the molecule is CCOC(=O)C(=O)Nc1nnc2n1CCCS2. The van der Waals surface area contributed by atoms with Crippen LogP contribution in [-0.2, 0) is 20.9 Å². The van der Waals surface area contributed by atoms with Crippen LogP contribution in [0.3, 0.4) is 0 Å². The zero-order valence-electron chi connectivity index (χ0n) is 9.30. The molecule has 1 aromatic heterocycles. The number of anilines is 1. The minimum absolute atomic E-state index is 0.167. The minimum Gasteiger partial charge on any atom is -0.459 e. The van der Waals surface area contributed by atoms with Gasteiger partial charge in [-0.1, -0.05) is 11.8 Å². The largest absolute Gasteiger partial charge is 0.459 e. The second-order valence-corrected chi connectivity index (χ2v) is 4.40. The van der Waals surface area contributed by atoms with Gasteiger partial charge in [0.1, 0.15) is 0 Å². The predicted octanol–water partition coefficient (Wildman–Crippen LogP) is 0.275. The molecule has 1 aliphatic rings. The summed E-state index contributed by atoms with van der Waals surface area (Å²) in [5.74, 6) is -0.444. The molecule has 0 spiro atoms. The molecule has 1 aliphatic heterocycles. The molecular formula is C9H12N4O3S. The van der Waals surface area contributed by atoms with Crippen LogP contribution in [0.4, 0.5) is 5.95 Å². The van der Waals surface area contributed by atoms with Crippen LogP contribution in [0.1, 0.15) is 13.3 Å². The quantitative estimate of drug-likeness (QED) is 0.604. The Hall–Kier alpha value is -1.57. The summed E-state index contributed by atoms with van der Waals surface area (Å²) < 4.78 is 6.37. The molecule has 1 aromatic rings. The van der Waals surface area contributed by atoms with Crippen LogP contribution in [0.25, 0.3) is 0 Å². The van der Waals surface area contributed by atoms with Crippen molar-refractivity contribution in [3.63, 3.8) is 0 Å². The van der Waals surface area contributed by atoms with E-state index in [4.69, 9.17) is 0 Å². The molecule has 92 valence electrons. The first-order valence-electron chi connectivity index (χ1n) is 5.26. The standard InChI is InChI=1S/C9H12N4O3S/c1-2-16-7(15)6(14)10-8-11-12-9-13(8)4-3-5-17-9/h2-5H2,1H3,(H,10,11,14). The predicted molar refractivity (Wildman–Crippen MR) is 60.6 cm³/mol. The van der Waals surface area contributed by atoms with E-state index in [1.54, 1.807) is 23.3 Å². The average Bonchev–Trinajstić information content (AvgIpc) is 2.73. The number of ether oxygens (including phenoxy) is 1. The Labute approximate surface area is 102 Å². The lowest BCUT2D eigenvalue weighted by molar-refractivity contribution is -0.152. The van der Waals surface area contributed by atoms with Crippen molar-refractivity contribution in [3.8, 4) is 0 Å². The summed E-state index contributed by atoms with van der Waals surface area (Å²) in [7, 11) is 0. The van der Waals surface area contributed by atoms with Crippen molar-refractivity contribution >= 4 is 29.6 Å². The van der Waals surface area contributed by atoms with Crippen molar-refractivity contribution in [1.29, 1.82) is 0 Å². The molecule has 2 heterocycles. The van der Waals surface area contributed by atoms with Crippen molar-refractivity contribution in [3.05, 3.63) is 0 Å². The van der Waals surface area contributed by atoms with Gasteiger partial charge in [-0.25, -0.2) is 4.79 Å². The molecule has 0 atom stereocenters. The van der Waals surface area contributed by atoms with Gasteiger partial charge in [-0.05, 0) is 13.3 Å². The van der Waals surface area contributed by atoms with Gasteiger partial charge in [0, 0.05) is 12.3 Å². The Bertz CT molecular complexity index is 445. The molecule has 0 aliphatic carbocycles. The van der Waals surface area contributed by atoms with Gasteiger partial charge in [0.25, 0.3) is 0 Å². The summed E-state index contributed by atoms with van der Waals surface area (Å²) in [5, 5.41) is 10.9. The summed E-state index contributed by atoms with van der Waals surface area (Å²) in [6.07, 6.45) is 0.984. The molecule has 1 N–H and O–H groups in total. The average molecular weight is 256 g/mol. The zero-order valence-corrected chi connectivity index (χ0v) is 10.1. The van der Waals surface area contributed by atoms with Crippen LogP contribution in [-0.4, -0.2) is 39.0 Å². The van der Waals surface area contributed by atoms with Crippen molar-refractivity contribution in [2.75, 3.05) is 17.7 Å². The number of carbonyl (C=O) groups excluding carboxylic acids is 2. The first-order valence-corrected chi connectivity index (χ1v) is 6.25. The van der Waals surface area contributed by atoms with E-state index in [9.17, 15) is 9.59 Å². The lowest BCUT2D eigenvalue weighted by Gasteiger charge is -2.13. The number of fused-ring (bicyclic) bond motifs is 1. The summed E-state index contributed by atoms with van der Waals surface area (Å²) in [6.45, 7) is 2.55. The van der Waals surface area contributed by atoms with Gasteiger partial charge < -0.3 is 4.74 Å². The van der Waals surface area contributed by atoms with Crippen molar-refractivity contribution in [2.45, 2.75) is 25.0 Å². The van der Waals surface area contributed by atoms with Gasteiger partial charge in [0.15, 0.2) is 5.16 Å². The van der Waals surface area contributed by atoms with Gasteiger partial charge in [-0.2, -0.15) is 0 Å². The highest BCUT2D eigenvalue weighted by atomic mass is 32.2. The number of hydrogen-bond donors (Lipinski definition) is 1. The number of carbonyl (C=O) groups is 2. The first-order chi connectivity index (χ1) is 8.22. The van der Waals surface area contributed by atoms with Crippen LogP contribution in [0.15, 0.2) is 5.16 Å². The fraction of sp³-hybridized carbons (Fsp3) is 0.556. The number of nitrogens with one attached hydrogen (secondary N) is 1. The molecule has 0 saturated heterocycles. The van der Waals surface area contributed by atoms with Gasteiger partial charge in [-0.3, -0.25) is 14.7 Å². The highest BCUT2D eigenvalue weighted by Gasteiger charge is 2.21. The smallest absolute Gasteiger partial charge is 0.397 e. The molecule has 0 fully saturated rings. The normalized spacial score (nSPS) is 13.9. The molecule has 2 rings (SSSR count). The number of rotatable bonds is 2. The fourth-order valence-corrected chi connectivity index (χ4v) is 2.31. The fourth-order valence-electron chi connectivity index (χ4n) is 1.42.